The lowest BCUT2D eigenvalue weighted by atomic mass is 10.1. The van der Waals surface area contributed by atoms with Crippen LogP contribution < -0.4 is 26.2 Å². The lowest BCUT2D eigenvalue weighted by molar-refractivity contribution is 0.102. The number of ether oxygens (including phenoxy) is 1. The minimum absolute atomic E-state index is 0. The van der Waals surface area contributed by atoms with Crippen LogP contribution in [0.4, 0.5) is 20.2 Å². The van der Waals surface area contributed by atoms with E-state index in [2.05, 4.69) is 20.9 Å². The number of halogens is 3. The first-order valence-electron chi connectivity index (χ1n) is 12.7. The first-order valence-corrected chi connectivity index (χ1v) is 12.7. The molecular formula is C29H28ClF2N5O3. The number of amides is 1. The molecule has 0 spiro atoms. The minimum atomic E-state index is -0.707. The number of hydrogen-bond acceptors (Lipinski definition) is 6. The number of pyridine rings is 2. The summed E-state index contributed by atoms with van der Waals surface area (Å²) < 4.78 is 35.3. The van der Waals surface area contributed by atoms with E-state index < -0.39 is 23.1 Å². The van der Waals surface area contributed by atoms with Crippen molar-refractivity contribution in [2.24, 2.45) is 0 Å². The standard InChI is InChI=1S/C29H27F2N5O3.ClH/c30-19-6-9-22(10-7-19)36-15-3-5-23(29(36)38)28(37)35-20-8-11-26(24(31)16-20)39-27-12-14-32-18-25(27)34-17-21-4-1-2-13-33-21;/h3,5-12,14-16,18,21,33-34H,1-2,4,13,17H2,(H,35,37);1H. The van der Waals surface area contributed by atoms with Gasteiger partial charge in [-0.25, -0.2) is 8.78 Å². The van der Waals surface area contributed by atoms with Crippen LogP contribution >= 0.6 is 12.4 Å². The molecule has 5 rings (SSSR count). The van der Waals surface area contributed by atoms with Crippen LogP contribution in [0.5, 0.6) is 11.5 Å². The summed E-state index contributed by atoms with van der Waals surface area (Å²) in [6.07, 6.45) is 8.10. The van der Waals surface area contributed by atoms with Crippen molar-refractivity contribution < 1.29 is 18.3 Å². The number of carbonyl (C=O) groups is 1. The molecule has 2 aromatic heterocycles. The molecule has 0 bridgehead atoms. The Morgan fingerprint density at radius 3 is 2.65 bits per heavy atom. The first-order chi connectivity index (χ1) is 19.0. The highest BCUT2D eigenvalue weighted by molar-refractivity contribution is 6.04. The van der Waals surface area contributed by atoms with Crippen molar-refractivity contribution in [1.29, 1.82) is 0 Å². The number of nitrogens with zero attached hydrogens (tertiary/aromatic N) is 2. The van der Waals surface area contributed by atoms with E-state index in [1.165, 1.54) is 72.1 Å². The van der Waals surface area contributed by atoms with E-state index in [1.807, 2.05) is 0 Å². The Morgan fingerprint density at radius 1 is 1.07 bits per heavy atom. The zero-order valence-electron chi connectivity index (χ0n) is 21.4. The molecule has 1 amide bonds. The van der Waals surface area contributed by atoms with E-state index in [1.54, 1.807) is 18.5 Å². The Labute approximate surface area is 235 Å². The monoisotopic (exact) mass is 567 g/mol. The van der Waals surface area contributed by atoms with Gasteiger partial charge in [0.25, 0.3) is 11.5 Å². The van der Waals surface area contributed by atoms with Crippen LogP contribution in [0.2, 0.25) is 0 Å². The third-order valence-electron chi connectivity index (χ3n) is 6.44. The lowest BCUT2D eigenvalue weighted by Crippen LogP contribution is -2.39. The quantitative estimate of drug-likeness (QED) is 0.259. The summed E-state index contributed by atoms with van der Waals surface area (Å²) in [5.41, 5.74) is 0.454. The van der Waals surface area contributed by atoms with Gasteiger partial charge in [-0.15, -0.1) is 12.4 Å². The Bertz CT molecular complexity index is 1530. The number of anilines is 2. The van der Waals surface area contributed by atoms with Crippen LogP contribution in [0, 0.1) is 11.6 Å². The number of nitrogens with one attached hydrogen (secondary N) is 3. The van der Waals surface area contributed by atoms with E-state index in [0.717, 1.165) is 19.0 Å². The molecular weight excluding hydrogens is 540 g/mol. The number of piperidine rings is 1. The fourth-order valence-corrected chi connectivity index (χ4v) is 4.38. The fourth-order valence-electron chi connectivity index (χ4n) is 4.38. The molecule has 1 saturated heterocycles. The molecule has 1 aliphatic heterocycles. The number of benzene rings is 2. The predicted octanol–water partition coefficient (Wildman–Crippen LogP) is 5.53. The van der Waals surface area contributed by atoms with Gasteiger partial charge in [0, 0.05) is 48.5 Å². The van der Waals surface area contributed by atoms with Crippen molar-refractivity contribution in [2.75, 3.05) is 23.7 Å². The maximum Gasteiger partial charge on any atom is 0.267 e. The maximum absolute atomic E-state index is 15.0. The lowest BCUT2D eigenvalue weighted by Gasteiger charge is -2.24. The van der Waals surface area contributed by atoms with Gasteiger partial charge in [0.1, 0.15) is 11.4 Å². The number of carbonyl (C=O) groups excluding carboxylic acids is 1. The zero-order valence-corrected chi connectivity index (χ0v) is 22.2. The normalized spacial score (nSPS) is 14.6. The molecule has 1 fully saturated rings. The molecule has 0 aliphatic carbocycles. The van der Waals surface area contributed by atoms with Gasteiger partial charge < -0.3 is 20.7 Å². The number of aromatic nitrogens is 2. The summed E-state index contributed by atoms with van der Waals surface area (Å²) >= 11 is 0. The van der Waals surface area contributed by atoms with Gasteiger partial charge in [-0.05, 0) is 67.9 Å². The van der Waals surface area contributed by atoms with Crippen molar-refractivity contribution in [2.45, 2.75) is 25.3 Å². The molecule has 1 unspecified atom stereocenters. The second-order valence-corrected chi connectivity index (χ2v) is 9.17. The van der Waals surface area contributed by atoms with Crippen molar-refractivity contribution in [1.82, 2.24) is 14.9 Å². The summed E-state index contributed by atoms with van der Waals surface area (Å²) in [4.78, 5) is 29.9. The second kappa shape index (κ2) is 13.2. The Morgan fingerprint density at radius 2 is 1.90 bits per heavy atom. The van der Waals surface area contributed by atoms with E-state index in [-0.39, 0.29) is 29.4 Å². The largest absolute Gasteiger partial charge is 0.452 e. The highest BCUT2D eigenvalue weighted by atomic mass is 35.5. The molecule has 40 heavy (non-hydrogen) atoms. The smallest absolute Gasteiger partial charge is 0.267 e. The molecule has 11 heteroatoms. The molecule has 0 saturated carbocycles. The average molecular weight is 568 g/mol. The topological polar surface area (TPSA) is 97.3 Å². The molecule has 3 heterocycles. The summed E-state index contributed by atoms with van der Waals surface area (Å²) in [5.74, 6) is -1.45. The highest BCUT2D eigenvalue weighted by Gasteiger charge is 2.17. The van der Waals surface area contributed by atoms with Gasteiger partial charge in [0.15, 0.2) is 17.3 Å². The minimum Gasteiger partial charge on any atom is -0.452 e. The summed E-state index contributed by atoms with van der Waals surface area (Å²) in [7, 11) is 0. The number of hydrogen-bond donors (Lipinski definition) is 3. The molecule has 4 aromatic rings. The number of rotatable bonds is 8. The third-order valence-corrected chi connectivity index (χ3v) is 6.44. The predicted molar refractivity (Wildman–Crippen MR) is 152 cm³/mol. The third kappa shape index (κ3) is 6.83. The van der Waals surface area contributed by atoms with Gasteiger partial charge >= 0.3 is 0 Å². The van der Waals surface area contributed by atoms with Crippen LogP contribution in [-0.2, 0) is 0 Å². The van der Waals surface area contributed by atoms with Gasteiger partial charge in [-0.1, -0.05) is 6.42 Å². The van der Waals surface area contributed by atoms with Crippen LogP contribution in [-0.4, -0.2) is 34.6 Å². The molecule has 1 atom stereocenters. The Balaban J connectivity index is 0.00000370. The van der Waals surface area contributed by atoms with Crippen molar-refractivity contribution >= 4 is 29.7 Å². The van der Waals surface area contributed by atoms with Gasteiger partial charge in [0.05, 0.1) is 11.9 Å². The Hall–Kier alpha value is -4.28. The maximum atomic E-state index is 15.0. The summed E-state index contributed by atoms with van der Waals surface area (Å²) in [6.45, 7) is 1.68. The van der Waals surface area contributed by atoms with Crippen LogP contribution in [0.15, 0.2) is 84.0 Å². The molecule has 2 aromatic carbocycles. The molecule has 1 aliphatic rings. The van der Waals surface area contributed by atoms with Crippen LogP contribution in [0.25, 0.3) is 5.69 Å². The fraction of sp³-hybridized carbons (Fsp3) is 0.207. The SMILES string of the molecule is Cl.O=C(Nc1ccc(Oc2ccncc2NCC2CCCCN2)c(F)c1)c1cccn(-c2ccc(F)cc2)c1=O. The van der Waals surface area contributed by atoms with E-state index in [0.29, 0.717) is 29.7 Å². The zero-order chi connectivity index (χ0) is 27.2. The Kier molecular flexibility index (Phi) is 9.47. The van der Waals surface area contributed by atoms with Crippen LogP contribution in [0.3, 0.4) is 0 Å². The average Bonchev–Trinajstić information content (AvgIpc) is 2.95. The summed E-state index contributed by atoms with van der Waals surface area (Å²) in [6, 6.07) is 14.2. The highest BCUT2D eigenvalue weighted by Crippen LogP contribution is 2.31. The van der Waals surface area contributed by atoms with Gasteiger partial charge in [-0.2, -0.15) is 0 Å². The van der Waals surface area contributed by atoms with Crippen molar-refractivity contribution in [3.63, 3.8) is 0 Å². The molecule has 208 valence electrons. The second-order valence-electron chi connectivity index (χ2n) is 9.17. The molecule has 8 nitrogen and oxygen atoms in total. The summed E-state index contributed by atoms with van der Waals surface area (Å²) in [5, 5.41) is 9.34. The van der Waals surface area contributed by atoms with E-state index in [9.17, 15) is 18.4 Å². The molecule has 3 N–H and O–H groups in total. The van der Waals surface area contributed by atoms with E-state index >= 15 is 0 Å². The van der Waals surface area contributed by atoms with Gasteiger partial charge in [0.2, 0.25) is 0 Å². The molecule has 0 radical (unpaired) electrons. The van der Waals surface area contributed by atoms with Crippen LogP contribution in [0.1, 0.15) is 29.6 Å². The van der Waals surface area contributed by atoms with Gasteiger partial charge in [-0.3, -0.25) is 19.1 Å². The van der Waals surface area contributed by atoms with Crippen molar-refractivity contribution in [3.05, 3.63) is 107 Å². The van der Waals surface area contributed by atoms with E-state index in [4.69, 9.17) is 4.74 Å². The van der Waals surface area contributed by atoms with Crippen molar-refractivity contribution in [3.8, 4) is 17.2 Å². The first kappa shape index (κ1) is 28.7.